The monoisotopic (exact) mass is 243 g/mol. The molecule has 18 heavy (non-hydrogen) atoms. The molecule has 0 saturated carbocycles. The van der Waals surface area contributed by atoms with Gasteiger partial charge in [-0.15, -0.1) is 0 Å². The van der Waals surface area contributed by atoms with Gasteiger partial charge in [0.2, 0.25) is 0 Å². The molecule has 1 nitrogen and oxygen atoms in total. The lowest BCUT2D eigenvalue weighted by Gasteiger charge is -2.18. The van der Waals surface area contributed by atoms with Gasteiger partial charge >= 0.3 is 0 Å². The van der Waals surface area contributed by atoms with Gasteiger partial charge in [0.25, 0.3) is 0 Å². The van der Waals surface area contributed by atoms with Crippen molar-refractivity contribution in [3.05, 3.63) is 47.0 Å². The predicted octanol–water partition coefficient (Wildman–Crippen LogP) is 4.53. The van der Waals surface area contributed by atoms with Gasteiger partial charge in [0.15, 0.2) is 0 Å². The van der Waals surface area contributed by atoms with Crippen LogP contribution in [0.25, 0.3) is 0 Å². The first-order valence-corrected chi connectivity index (χ1v) is 7.32. The Morgan fingerprint density at radius 2 is 2.17 bits per heavy atom. The van der Waals surface area contributed by atoms with Crippen LogP contribution in [0, 0.1) is 0 Å². The number of benzene rings is 1. The van der Waals surface area contributed by atoms with E-state index < -0.39 is 0 Å². The Morgan fingerprint density at radius 3 is 2.89 bits per heavy atom. The minimum Gasteiger partial charge on any atom is -0.324 e. The lowest BCUT2D eigenvalue weighted by molar-refractivity contribution is 0.628. The quantitative estimate of drug-likeness (QED) is 0.755. The lowest BCUT2D eigenvalue weighted by atomic mass is 9.91. The van der Waals surface area contributed by atoms with E-state index in [1.165, 1.54) is 43.2 Å². The van der Waals surface area contributed by atoms with Crippen LogP contribution in [-0.2, 0) is 6.42 Å². The van der Waals surface area contributed by atoms with Gasteiger partial charge in [-0.05, 0) is 49.7 Å². The molecule has 0 heterocycles. The Kier molecular flexibility index (Phi) is 5.00. The van der Waals surface area contributed by atoms with Crippen LogP contribution in [0.5, 0.6) is 0 Å². The fraction of sp³-hybridized carbons (Fsp3) is 0.529. The number of hydrogen-bond acceptors (Lipinski definition) is 1. The summed E-state index contributed by atoms with van der Waals surface area (Å²) in [5.74, 6) is 0. The smallest absolute Gasteiger partial charge is 0.0332 e. The molecule has 0 aromatic heterocycles. The van der Waals surface area contributed by atoms with E-state index in [4.69, 9.17) is 5.73 Å². The van der Waals surface area contributed by atoms with Gasteiger partial charge in [-0.25, -0.2) is 0 Å². The third kappa shape index (κ3) is 3.71. The molecule has 0 saturated heterocycles. The third-order valence-corrected chi connectivity index (χ3v) is 3.78. The van der Waals surface area contributed by atoms with Crippen LogP contribution in [0.4, 0.5) is 0 Å². The Morgan fingerprint density at radius 1 is 1.28 bits per heavy atom. The molecule has 2 N–H and O–H groups in total. The fourth-order valence-corrected chi connectivity index (χ4v) is 2.76. The largest absolute Gasteiger partial charge is 0.324 e. The lowest BCUT2D eigenvalue weighted by Crippen LogP contribution is -2.12. The summed E-state index contributed by atoms with van der Waals surface area (Å²) in [6, 6.07) is 8.99. The molecule has 0 amide bonds. The van der Waals surface area contributed by atoms with Crippen LogP contribution < -0.4 is 5.73 Å². The van der Waals surface area contributed by atoms with Crippen LogP contribution in [-0.4, -0.2) is 0 Å². The molecule has 0 radical (unpaired) electrons. The van der Waals surface area contributed by atoms with Gasteiger partial charge in [-0.3, -0.25) is 0 Å². The number of nitrogens with two attached hydrogens (primary N) is 1. The van der Waals surface area contributed by atoms with Gasteiger partial charge in [-0.1, -0.05) is 49.3 Å². The van der Waals surface area contributed by atoms with E-state index in [2.05, 4.69) is 37.3 Å². The molecule has 2 rings (SSSR count). The van der Waals surface area contributed by atoms with E-state index in [-0.39, 0.29) is 6.04 Å². The zero-order chi connectivity index (χ0) is 12.8. The second-order valence-corrected chi connectivity index (χ2v) is 5.41. The van der Waals surface area contributed by atoms with Gasteiger partial charge in [0.05, 0.1) is 0 Å². The molecule has 1 unspecified atom stereocenters. The summed E-state index contributed by atoms with van der Waals surface area (Å²) in [7, 11) is 0. The van der Waals surface area contributed by atoms with Crippen molar-refractivity contribution in [2.75, 3.05) is 0 Å². The summed E-state index contributed by atoms with van der Waals surface area (Å²) in [6.07, 6.45) is 11.0. The molecule has 1 aliphatic carbocycles. The second kappa shape index (κ2) is 6.75. The van der Waals surface area contributed by atoms with Gasteiger partial charge < -0.3 is 5.73 Å². The van der Waals surface area contributed by atoms with Crippen LogP contribution in [0.15, 0.2) is 35.9 Å². The number of allylic oxidation sites excluding steroid dienone is 1. The molecule has 1 aromatic rings. The molecule has 98 valence electrons. The number of aryl methyl sites for hydroxylation is 1. The van der Waals surface area contributed by atoms with Crippen molar-refractivity contribution in [3.8, 4) is 0 Å². The van der Waals surface area contributed by atoms with Crippen molar-refractivity contribution >= 4 is 0 Å². The second-order valence-electron chi connectivity index (χ2n) is 5.41. The maximum atomic E-state index is 6.35. The molecule has 0 bridgehead atoms. The summed E-state index contributed by atoms with van der Waals surface area (Å²) < 4.78 is 0. The van der Waals surface area contributed by atoms with E-state index in [1.54, 1.807) is 5.57 Å². The first-order chi connectivity index (χ1) is 8.79. The maximum absolute atomic E-state index is 6.35. The van der Waals surface area contributed by atoms with Crippen LogP contribution in [0.2, 0.25) is 0 Å². The molecular weight excluding hydrogens is 218 g/mol. The Labute approximate surface area is 111 Å². The zero-order valence-electron chi connectivity index (χ0n) is 11.5. The normalized spacial score (nSPS) is 17.3. The van der Waals surface area contributed by atoms with Crippen LogP contribution in [0.1, 0.15) is 62.6 Å². The average Bonchev–Trinajstić information content (AvgIpc) is 2.40. The minimum absolute atomic E-state index is 0.172. The molecule has 0 spiro atoms. The molecule has 1 atom stereocenters. The topological polar surface area (TPSA) is 26.0 Å². The fourth-order valence-electron chi connectivity index (χ4n) is 2.76. The third-order valence-electron chi connectivity index (χ3n) is 3.78. The molecule has 1 aliphatic rings. The van der Waals surface area contributed by atoms with Gasteiger partial charge in [-0.2, -0.15) is 0 Å². The highest BCUT2D eigenvalue weighted by Gasteiger charge is 2.11. The highest BCUT2D eigenvalue weighted by atomic mass is 14.6. The van der Waals surface area contributed by atoms with Crippen molar-refractivity contribution < 1.29 is 0 Å². The van der Waals surface area contributed by atoms with Gasteiger partial charge in [0.1, 0.15) is 0 Å². The highest BCUT2D eigenvalue weighted by molar-refractivity contribution is 5.27. The van der Waals surface area contributed by atoms with Crippen molar-refractivity contribution in [2.45, 2.75) is 57.9 Å². The number of rotatable bonds is 5. The van der Waals surface area contributed by atoms with E-state index in [1.807, 2.05) is 0 Å². The zero-order valence-corrected chi connectivity index (χ0v) is 11.5. The average molecular weight is 243 g/mol. The van der Waals surface area contributed by atoms with E-state index in [0.717, 1.165) is 12.8 Å². The molecule has 1 aromatic carbocycles. The summed E-state index contributed by atoms with van der Waals surface area (Å²) in [5, 5.41) is 0. The van der Waals surface area contributed by atoms with Crippen LogP contribution >= 0.6 is 0 Å². The summed E-state index contributed by atoms with van der Waals surface area (Å²) in [6.45, 7) is 2.22. The maximum Gasteiger partial charge on any atom is 0.0332 e. The van der Waals surface area contributed by atoms with E-state index in [9.17, 15) is 0 Å². The molecular formula is C17H25N. The van der Waals surface area contributed by atoms with Crippen molar-refractivity contribution in [1.82, 2.24) is 0 Å². The standard InChI is InChI=1S/C17H25N/c1-2-7-14-10-6-11-16(12-14)17(18)13-15-8-4-3-5-9-15/h6,8,10-12,17H,2-5,7,9,13,18H2,1H3. The Hall–Kier alpha value is -1.08. The van der Waals surface area contributed by atoms with Crippen LogP contribution in [0.3, 0.4) is 0 Å². The Bertz CT molecular complexity index is 406. The summed E-state index contributed by atoms with van der Waals surface area (Å²) in [4.78, 5) is 0. The molecule has 0 aliphatic heterocycles. The van der Waals surface area contributed by atoms with Crippen molar-refractivity contribution in [3.63, 3.8) is 0 Å². The van der Waals surface area contributed by atoms with Crippen molar-refractivity contribution in [2.24, 2.45) is 5.73 Å². The van der Waals surface area contributed by atoms with Crippen molar-refractivity contribution in [1.29, 1.82) is 0 Å². The highest BCUT2D eigenvalue weighted by Crippen LogP contribution is 2.26. The van der Waals surface area contributed by atoms with Gasteiger partial charge in [0, 0.05) is 6.04 Å². The van der Waals surface area contributed by atoms with E-state index >= 15 is 0 Å². The van der Waals surface area contributed by atoms with E-state index in [0.29, 0.717) is 0 Å². The minimum atomic E-state index is 0.172. The number of hydrogen-bond donors (Lipinski definition) is 1. The predicted molar refractivity (Wildman–Crippen MR) is 78.5 cm³/mol. The Balaban J connectivity index is 2.01. The summed E-state index contributed by atoms with van der Waals surface area (Å²) >= 11 is 0. The molecule has 0 fully saturated rings. The summed E-state index contributed by atoms with van der Waals surface area (Å²) in [5.41, 5.74) is 10.6. The SMILES string of the molecule is CCCc1cccc(C(N)CC2=CCCCC2)c1. The first kappa shape index (κ1) is 13.4. The first-order valence-electron chi connectivity index (χ1n) is 7.32. The molecule has 1 heteroatoms.